The molecule has 0 bridgehead atoms. The van der Waals surface area contributed by atoms with Gasteiger partial charge in [0, 0.05) is 12.1 Å². The summed E-state index contributed by atoms with van der Waals surface area (Å²) < 4.78 is 44.1. The summed E-state index contributed by atoms with van der Waals surface area (Å²) in [6, 6.07) is 9.77. The fraction of sp³-hybridized carbons (Fsp3) is 0.481. The third-order valence-electron chi connectivity index (χ3n) is 7.45. The zero-order chi connectivity index (χ0) is 23.7. The lowest BCUT2D eigenvalue weighted by atomic mass is 9.88. The Hall–Kier alpha value is -2.83. The average Bonchev–Trinajstić information content (AvgIpc) is 3.22. The number of fused-ring (bicyclic) bond motifs is 1. The highest BCUT2D eigenvalue weighted by atomic mass is 19.2. The minimum atomic E-state index is -1.53. The first-order valence-electron chi connectivity index (χ1n) is 12.4. The summed E-state index contributed by atoms with van der Waals surface area (Å²) in [7, 11) is 0. The normalized spacial score (nSPS) is 17.9. The van der Waals surface area contributed by atoms with Crippen molar-refractivity contribution in [3.63, 3.8) is 0 Å². The molecule has 1 amide bonds. The number of benzene rings is 2. The molecule has 4 nitrogen and oxygen atoms in total. The Bertz CT molecular complexity index is 1160. The predicted octanol–water partition coefficient (Wildman–Crippen LogP) is 6.61. The second-order valence-corrected chi connectivity index (χ2v) is 9.62. The van der Waals surface area contributed by atoms with Gasteiger partial charge in [-0.2, -0.15) is 0 Å². The van der Waals surface area contributed by atoms with Crippen molar-refractivity contribution in [3.8, 4) is 11.4 Å². The van der Waals surface area contributed by atoms with Crippen LogP contribution in [0.5, 0.6) is 0 Å². The predicted molar refractivity (Wildman–Crippen MR) is 126 cm³/mol. The van der Waals surface area contributed by atoms with Gasteiger partial charge in [-0.15, -0.1) is 0 Å². The highest BCUT2D eigenvalue weighted by molar-refractivity contribution is 5.85. The van der Waals surface area contributed by atoms with E-state index in [4.69, 9.17) is 0 Å². The molecule has 0 aliphatic heterocycles. The molecule has 180 valence electrons. The first kappa shape index (κ1) is 22.9. The van der Waals surface area contributed by atoms with Crippen LogP contribution in [0.2, 0.25) is 0 Å². The standard InChI is InChI=1S/C27H30F3N3O/c28-21-16-15-20(25(29)26(21)30)27-31-22-13-7-8-14-23(22)32(27)17-24(34)33(18-9-3-1-4-10-18)19-11-5-2-6-12-19/h7-8,13-16,18-19H,1-6,9-12,17H2. The lowest BCUT2D eigenvalue weighted by Crippen LogP contribution is -2.50. The van der Waals surface area contributed by atoms with Crippen molar-refractivity contribution in [3.05, 3.63) is 53.8 Å². The van der Waals surface area contributed by atoms with Crippen molar-refractivity contribution in [2.75, 3.05) is 0 Å². The van der Waals surface area contributed by atoms with E-state index < -0.39 is 17.5 Å². The highest BCUT2D eigenvalue weighted by Gasteiger charge is 2.33. The first-order chi connectivity index (χ1) is 16.5. The summed E-state index contributed by atoms with van der Waals surface area (Å²) in [6.07, 6.45) is 11.0. The molecule has 34 heavy (non-hydrogen) atoms. The first-order valence-corrected chi connectivity index (χ1v) is 12.4. The van der Waals surface area contributed by atoms with Crippen LogP contribution in [0.25, 0.3) is 22.4 Å². The van der Waals surface area contributed by atoms with E-state index in [2.05, 4.69) is 9.88 Å². The summed E-state index contributed by atoms with van der Waals surface area (Å²) in [5, 5.41) is 0. The van der Waals surface area contributed by atoms with Gasteiger partial charge >= 0.3 is 0 Å². The van der Waals surface area contributed by atoms with Crippen molar-refractivity contribution in [1.82, 2.24) is 14.5 Å². The molecule has 2 aliphatic carbocycles. The largest absolute Gasteiger partial charge is 0.335 e. The van der Waals surface area contributed by atoms with Crippen LogP contribution >= 0.6 is 0 Å². The topological polar surface area (TPSA) is 38.1 Å². The number of hydrogen-bond acceptors (Lipinski definition) is 2. The average molecular weight is 470 g/mol. The Morgan fingerprint density at radius 3 is 2.12 bits per heavy atom. The fourth-order valence-electron chi connectivity index (χ4n) is 5.78. The number of rotatable bonds is 5. The zero-order valence-electron chi connectivity index (χ0n) is 19.3. The van der Waals surface area contributed by atoms with E-state index in [-0.39, 0.29) is 35.9 Å². The van der Waals surface area contributed by atoms with Gasteiger partial charge in [0.1, 0.15) is 12.4 Å². The molecule has 5 rings (SSSR count). The van der Waals surface area contributed by atoms with Crippen LogP contribution in [0.4, 0.5) is 13.2 Å². The molecule has 1 aromatic heterocycles. The van der Waals surface area contributed by atoms with Crippen LogP contribution in [0.1, 0.15) is 64.2 Å². The summed E-state index contributed by atoms with van der Waals surface area (Å²) in [4.78, 5) is 20.5. The molecule has 2 saturated carbocycles. The van der Waals surface area contributed by atoms with E-state index >= 15 is 0 Å². The van der Waals surface area contributed by atoms with E-state index in [0.717, 1.165) is 57.4 Å². The summed E-state index contributed by atoms with van der Waals surface area (Å²) in [5.41, 5.74) is 1.10. The SMILES string of the molecule is O=C(Cn1c(-c2ccc(F)c(F)c2F)nc2ccccc21)N(C1CCCCC1)C1CCCCC1. The highest BCUT2D eigenvalue weighted by Crippen LogP contribution is 2.33. The molecule has 2 fully saturated rings. The summed E-state index contributed by atoms with van der Waals surface area (Å²) in [6.45, 7) is -0.0126. The van der Waals surface area contributed by atoms with Gasteiger partial charge in [-0.05, 0) is 49.9 Å². The smallest absolute Gasteiger partial charge is 0.243 e. The van der Waals surface area contributed by atoms with Gasteiger partial charge in [0.2, 0.25) is 5.91 Å². The number of aromatic nitrogens is 2. The molecule has 0 N–H and O–H groups in total. The van der Waals surface area contributed by atoms with E-state index in [1.807, 2.05) is 18.2 Å². The van der Waals surface area contributed by atoms with Crippen LogP contribution < -0.4 is 0 Å². The van der Waals surface area contributed by atoms with Crippen molar-refractivity contribution >= 4 is 16.9 Å². The van der Waals surface area contributed by atoms with Crippen LogP contribution in [0, 0.1) is 17.5 Å². The molecule has 2 aliphatic rings. The van der Waals surface area contributed by atoms with E-state index in [1.54, 1.807) is 10.6 Å². The second kappa shape index (κ2) is 9.80. The van der Waals surface area contributed by atoms with Crippen LogP contribution in [0.15, 0.2) is 36.4 Å². The number of carbonyl (C=O) groups is 1. The Balaban J connectivity index is 1.55. The van der Waals surface area contributed by atoms with Gasteiger partial charge < -0.3 is 9.47 Å². The Morgan fingerprint density at radius 2 is 1.47 bits per heavy atom. The van der Waals surface area contributed by atoms with Crippen LogP contribution in [0.3, 0.4) is 0 Å². The maximum atomic E-state index is 14.8. The van der Waals surface area contributed by atoms with Crippen molar-refractivity contribution in [2.24, 2.45) is 0 Å². The third kappa shape index (κ3) is 4.32. The van der Waals surface area contributed by atoms with Gasteiger partial charge in [-0.3, -0.25) is 4.79 Å². The van der Waals surface area contributed by atoms with Crippen molar-refractivity contribution in [2.45, 2.75) is 82.8 Å². The van der Waals surface area contributed by atoms with Crippen molar-refractivity contribution < 1.29 is 18.0 Å². The van der Waals surface area contributed by atoms with Crippen LogP contribution in [-0.2, 0) is 11.3 Å². The quantitative estimate of drug-likeness (QED) is 0.394. The maximum Gasteiger partial charge on any atom is 0.243 e. The second-order valence-electron chi connectivity index (χ2n) is 9.62. The molecule has 0 saturated heterocycles. The molecular formula is C27H30F3N3O. The molecule has 1 heterocycles. The van der Waals surface area contributed by atoms with Gasteiger partial charge in [0.15, 0.2) is 17.5 Å². The molecular weight excluding hydrogens is 439 g/mol. The van der Waals surface area contributed by atoms with Crippen LogP contribution in [-0.4, -0.2) is 32.4 Å². The Kier molecular flexibility index (Phi) is 6.61. The number of nitrogens with zero attached hydrogens (tertiary/aromatic N) is 3. The Labute approximate surface area is 197 Å². The number of hydrogen-bond donors (Lipinski definition) is 0. The van der Waals surface area contributed by atoms with Gasteiger partial charge in [0.05, 0.1) is 16.6 Å². The number of carbonyl (C=O) groups excluding carboxylic acids is 1. The van der Waals surface area contributed by atoms with Crippen molar-refractivity contribution in [1.29, 1.82) is 0 Å². The zero-order valence-corrected chi connectivity index (χ0v) is 19.3. The fourth-order valence-corrected chi connectivity index (χ4v) is 5.78. The van der Waals surface area contributed by atoms with E-state index in [1.165, 1.54) is 18.9 Å². The minimum absolute atomic E-state index is 0.00815. The Morgan fingerprint density at radius 1 is 0.853 bits per heavy atom. The number of para-hydroxylation sites is 2. The minimum Gasteiger partial charge on any atom is -0.335 e. The molecule has 0 atom stereocenters. The molecule has 0 spiro atoms. The number of imidazole rings is 1. The van der Waals surface area contributed by atoms with Gasteiger partial charge in [-0.1, -0.05) is 50.7 Å². The maximum absolute atomic E-state index is 14.8. The molecule has 0 radical (unpaired) electrons. The monoisotopic (exact) mass is 469 g/mol. The molecule has 3 aromatic rings. The lowest BCUT2D eigenvalue weighted by molar-refractivity contribution is -0.138. The van der Waals surface area contributed by atoms with Gasteiger partial charge in [-0.25, -0.2) is 18.2 Å². The van der Waals surface area contributed by atoms with E-state index in [0.29, 0.717) is 11.0 Å². The van der Waals surface area contributed by atoms with Gasteiger partial charge in [0.25, 0.3) is 0 Å². The van der Waals surface area contributed by atoms with E-state index in [9.17, 15) is 18.0 Å². The molecule has 7 heteroatoms. The summed E-state index contributed by atoms with van der Waals surface area (Å²) in [5.74, 6) is -3.95. The molecule has 2 aromatic carbocycles. The lowest BCUT2D eigenvalue weighted by Gasteiger charge is -2.42. The number of amides is 1. The molecule has 0 unspecified atom stereocenters. The third-order valence-corrected chi connectivity index (χ3v) is 7.45. The number of halogens is 3. The summed E-state index contributed by atoms with van der Waals surface area (Å²) >= 11 is 0.